The molecule has 2 aromatic heterocycles. The van der Waals surface area contributed by atoms with Gasteiger partial charge in [-0.1, -0.05) is 49.4 Å². The number of likely N-dealkylation sites (N-methyl/N-ethyl adjacent to an activating group) is 1. The quantitative estimate of drug-likeness (QED) is 0.394. The van der Waals surface area contributed by atoms with Gasteiger partial charge in [0.2, 0.25) is 0 Å². The lowest BCUT2D eigenvalue weighted by atomic mass is 10.1. The van der Waals surface area contributed by atoms with E-state index in [4.69, 9.17) is 9.40 Å². The van der Waals surface area contributed by atoms with Crippen molar-refractivity contribution in [1.82, 2.24) is 9.88 Å². The first-order chi connectivity index (χ1) is 15.0. The highest BCUT2D eigenvalue weighted by atomic mass is 32.1. The van der Waals surface area contributed by atoms with Crippen LogP contribution in [0.4, 0.5) is 5.13 Å². The van der Waals surface area contributed by atoms with Gasteiger partial charge >= 0.3 is 5.63 Å². The number of carbonyl (C=O) groups is 1. The van der Waals surface area contributed by atoms with E-state index in [1.165, 1.54) is 11.3 Å². The zero-order valence-electron chi connectivity index (χ0n) is 17.9. The van der Waals surface area contributed by atoms with Crippen molar-refractivity contribution in [3.63, 3.8) is 0 Å². The van der Waals surface area contributed by atoms with Gasteiger partial charge in [0.1, 0.15) is 11.1 Å². The van der Waals surface area contributed by atoms with Crippen LogP contribution in [0.1, 0.15) is 29.8 Å². The van der Waals surface area contributed by atoms with E-state index in [0.29, 0.717) is 29.2 Å². The summed E-state index contributed by atoms with van der Waals surface area (Å²) in [6.07, 6.45) is 0. The van der Waals surface area contributed by atoms with Gasteiger partial charge in [0.05, 0.1) is 10.2 Å². The van der Waals surface area contributed by atoms with E-state index < -0.39 is 5.63 Å². The summed E-state index contributed by atoms with van der Waals surface area (Å²) in [6, 6.07) is 14.8. The molecule has 0 saturated heterocycles. The minimum Gasteiger partial charge on any atom is -0.422 e. The molecule has 2 aromatic carbocycles. The fraction of sp³-hybridized carbons (Fsp3) is 0.292. The Hall–Kier alpha value is -3.03. The number of amides is 1. The molecule has 0 N–H and O–H groups in total. The number of hydrogen-bond acceptors (Lipinski definition) is 6. The molecule has 0 radical (unpaired) electrons. The number of aryl methyl sites for hydroxylation is 1. The number of rotatable bonds is 7. The molecule has 0 aliphatic rings. The summed E-state index contributed by atoms with van der Waals surface area (Å²) in [4.78, 5) is 34.7. The third-order valence-electron chi connectivity index (χ3n) is 5.41. The van der Waals surface area contributed by atoms with Crippen LogP contribution >= 0.6 is 11.3 Å². The lowest BCUT2D eigenvalue weighted by molar-refractivity contribution is 0.0980. The molecule has 4 rings (SSSR count). The number of hydrogen-bond donors (Lipinski definition) is 0. The number of aromatic nitrogens is 1. The van der Waals surface area contributed by atoms with E-state index in [9.17, 15) is 9.59 Å². The SMILES string of the molecule is CCN(CC)CCN(C(=O)c1cc2ccccc2oc1=O)c1nc2ccc(C)cc2s1. The van der Waals surface area contributed by atoms with E-state index in [0.717, 1.165) is 28.9 Å². The van der Waals surface area contributed by atoms with E-state index in [-0.39, 0.29) is 11.5 Å². The molecule has 160 valence electrons. The Kier molecular flexibility index (Phi) is 6.15. The van der Waals surface area contributed by atoms with Gasteiger partial charge in [-0.2, -0.15) is 0 Å². The molecule has 0 aliphatic carbocycles. The van der Waals surface area contributed by atoms with Crippen LogP contribution in [0.3, 0.4) is 0 Å². The van der Waals surface area contributed by atoms with E-state index >= 15 is 0 Å². The summed E-state index contributed by atoms with van der Waals surface area (Å²) in [5.74, 6) is -0.387. The minimum atomic E-state index is -0.631. The van der Waals surface area contributed by atoms with Gasteiger partial charge in [0.15, 0.2) is 5.13 Å². The van der Waals surface area contributed by atoms with Crippen LogP contribution in [-0.2, 0) is 0 Å². The van der Waals surface area contributed by atoms with Crippen molar-refractivity contribution >= 4 is 43.6 Å². The topological polar surface area (TPSA) is 66.7 Å². The molecule has 6 nitrogen and oxygen atoms in total. The fourth-order valence-electron chi connectivity index (χ4n) is 3.56. The molecular formula is C24H25N3O3S. The van der Waals surface area contributed by atoms with Crippen molar-refractivity contribution < 1.29 is 9.21 Å². The highest BCUT2D eigenvalue weighted by molar-refractivity contribution is 7.22. The van der Waals surface area contributed by atoms with Crippen LogP contribution in [0, 0.1) is 6.92 Å². The highest BCUT2D eigenvalue weighted by Gasteiger charge is 2.25. The molecule has 0 bridgehead atoms. The molecule has 0 atom stereocenters. The number of carbonyl (C=O) groups excluding carboxylic acids is 1. The number of nitrogens with zero attached hydrogens (tertiary/aromatic N) is 3. The number of thiazole rings is 1. The van der Waals surface area contributed by atoms with Gasteiger partial charge < -0.3 is 9.32 Å². The van der Waals surface area contributed by atoms with Crippen molar-refractivity contribution in [3.8, 4) is 0 Å². The second-order valence-electron chi connectivity index (χ2n) is 7.44. The summed E-state index contributed by atoms with van der Waals surface area (Å²) in [7, 11) is 0. The maximum atomic E-state index is 13.6. The maximum absolute atomic E-state index is 13.6. The molecular weight excluding hydrogens is 410 g/mol. The monoisotopic (exact) mass is 435 g/mol. The Labute approximate surface area is 184 Å². The highest BCUT2D eigenvalue weighted by Crippen LogP contribution is 2.30. The minimum absolute atomic E-state index is 0.0219. The van der Waals surface area contributed by atoms with Crippen LogP contribution in [0.15, 0.2) is 57.7 Å². The van der Waals surface area contributed by atoms with Crippen LogP contribution in [0.25, 0.3) is 21.2 Å². The summed E-state index contributed by atoms with van der Waals surface area (Å²) in [6.45, 7) is 9.11. The summed E-state index contributed by atoms with van der Waals surface area (Å²) in [5.41, 5.74) is 1.84. The van der Waals surface area contributed by atoms with Crippen LogP contribution < -0.4 is 10.5 Å². The van der Waals surface area contributed by atoms with Crippen molar-refractivity contribution in [2.45, 2.75) is 20.8 Å². The normalized spacial score (nSPS) is 11.5. The number of fused-ring (bicyclic) bond motifs is 2. The first kappa shape index (κ1) is 21.2. The zero-order chi connectivity index (χ0) is 22.0. The average molecular weight is 436 g/mol. The van der Waals surface area contributed by atoms with Crippen molar-refractivity contribution in [2.24, 2.45) is 0 Å². The van der Waals surface area contributed by atoms with Crippen molar-refractivity contribution in [1.29, 1.82) is 0 Å². The van der Waals surface area contributed by atoms with Crippen LogP contribution in [-0.4, -0.2) is 42.0 Å². The standard InChI is InChI=1S/C24H25N3O3S/c1-4-26(5-2)12-13-27(24-25-19-11-10-16(3)14-21(19)31-24)22(28)18-15-17-8-6-7-9-20(17)30-23(18)29/h6-11,14-15H,4-5,12-13H2,1-3H3. The zero-order valence-corrected chi connectivity index (χ0v) is 18.7. The molecule has 0 aliphatic heterocycles. The number of anilines is 1. The van der Waals surface area contributed by atoms with Gasteiger partial charge in [0, 0.05) is 18.5 Å². The molecule has 0 unspecified atom stereocenters. The summed E-state index contributed by atoms with van der Waals surface area (Å²) in [5, 5.41) is 1.30. The Morgan fingerprint density at radius 1 is 1.06 bits per heavy atom. The molecule has 1 amide bonds. The van der Waals surface area contributed by atoms with Gasteiger partial charge in [-0.05, 0) is 49.8 Å². The Balaban J connectivity index is 1.76. The third kappa shape index (κ3) is 4.38. The number of benzene rings is 2. The van der Waals surface area contributed by atoms with Gasteiger partial charge in [-0.15, -0.1) is 0 Å². The first-order valence-corrected chi connectivity index (χ1v) is 11.3. The summed E-state index contributed by atoms with van der Waals surface area (Å²) >= 11 is 1.46. The fourth-order valence-corrected chi connectivity index (χ4v) is 4.65. The van der Waals surface area contributed by atoms with Gasteiger partial charge in [0.25, 0.3) is 5.91 Å². The van der Waals surface area contributed by atoms with E-state index in [1.54, 1.807) is 23.1 Å². The molecule has 7 heteroatoms. The predicted octanol–water partition coefficient (Wildman–Crippen LogP) is 4.70. The summed E-state index contributed by atoms with van der Waals surface area (Å²) < 4.78 is 6.43. The Morgan fingerprint density at radius 3 is 2.61 bits per heavy atom. The van der Waals surface area contributed by atoms with E-state index in [2.05, 4.69) is 24.8 Å². The molecule has 0 spiro atoms. The van der Waals surface area contributed by atoms with Crippen LogP contribution in [0.5, 0.6) is 0 Å². The molecule has 0 saturated carbocycles. The second kappa shape index (κ2) is 8.99. The van der Waals surface area contributed by atoms with Crippen molar-refractivity contribution in [3.05, 3.63) is 70.1 Å². The molecule has 2 heterocycles. The smallest absolute Gasteiger partial charge is 0.349 e. The molecule has 4 aromatic rings. The lowest BCUT2D eigenvalue weighted by Crippen LogP contribution is -2.40. The van der Waals surface area contributed by atoms with Gasteiger partial charge in [-0.25, -0.2) is 9.78 Å². The lowest BCUT2D eigenvalue weighted by Gasteiger charge is -2.24. The molecule has 31 heavy (non-hydrogen) atoms. The van der Waals surface area contributed by atoms with Crippen molar-refractivity contribution in [2.75, 3.05) is 31.1 Å². The Bertz CT molecular complexity index is 1290. The first-order valence-electron chi connectivity index (χ1n) is 10.4. The predicted molar refractivity (Wildman–Crippen MR) is 126 cm³/mol. The average Bonchev–Trinajstić information content (AvgIpc) is 3.18. The Morgan fingerprint density at radius 2 is 1.84 bits per heavy atom. The second-order valence-corrected chi connectivity index (χ2v) is 8.45. The third-order valence-corrected chi connectivity index (χ3v) is 6.46. The molecule has 0 fully saturated rings. The van der Waals surface area contributed by atoms with E-state index in [1.807, 2.05) is 31.2 Å². The number of para-hydroxylation sites is 1. The largest absolute Gasteiger partial charge is 0.422 e. The van der Waals surface area contributed by atoms with Crippen LogP contribution in [0.2, 0.25) is 0 Å². The maximum Gasteiger partial charge on any atom is 0.349 e. The van der Waals surface area contributed by atoms with Gasteiger partial charge in [-0.3, -0.25) is 9.69 Å².